The molecular formula is C43H42N4OPt. The van der Waals surface area contributed by atoms with Crippen LogP contribution >= 0.6 is 0 Å². The molecule has 3 aromatic heterocycles. The average Bonchev–Trinajstić information content (AvgIpc) is 3.67. The van der Waals surface area contributed by atoms with E-state index < -0.39 is 0 Å². The zero-order chi connectivity index (χ0) is 33.7. The van der Waals surface area contributed by atoms with E-state index in [4.69, 9.17) is 14.8 Å². The van der Waals surface area contributed by atoms with E-state index in [0.717, 1.165) is 38.9 Å². The molecule has 7 aromatic rings. The van der Waals surface area contributed by atoms with Crippen LogP contribution in [0.15, 0.2) is 91.4 Å². The minimum Gasteiger partial charge on any atom is -0.509 e. The largest absolute Gasteiger partial charge is 2.00 e. The van der Waals surface area contributed by atoms with E-state index in [0.29, 0.717) is 29.3 Å². The molecule has 0 N–H and O–H groups in total. The monoisotopic (exact) mass is 825 g/mol. The molecule has 0 saturated heterocycles. The summed E-state index contributed by atoms with van der Waals surface area (Å²) in [6.07, 6.45) is 5.99. The first-order chi connectivity index (χ1) is 23.1. The normalized spacial score (nSPS) is 11.7. The fraction of sp³-hybridized carbons (Fsp3) is 0.256. The van der Waals surface area contributed by atoms with Gasteiger partial charge in [0.15, 0.2) is 0 Å². The second-order valence-electron chi connectivity index (χ2n) is 13.7. The Hall–Kier alpha value is -4.47. The Morgan fingerprint density at radius 1 is 0.714 bits per heavy atom. The zero-order valence-electron chi connectivity index (χ0n) is 29.4. The zero-order valence-corrected chi connectivity index (χ0v) is 31.7. The van der Waals surface area contributed by atoms with Gasteiger partial charge in [0.2, 0.25) is 0 Å². The van der Waals surface area contributed by atoms with Crippen molar-refractivity contribution in [1.82, 2.24) is 19.3 Å². The molecule has 49 heavy (non-hydrogen) atoms. The van der Waals surface area contributed by atoms with Crippen LogP contribution in [0.1, 0.15) is 87.1 Å². The predicted octanol–water partition coefficient (Wildman–Crippen LogP) is 11.4. The van der Waals surface area contributed by atoms with Gasteiger partial charge in [0.25, 0.3) is 0 Å². The van der Waals surface area contributed by atoms with Crippen molar-refractivity contribution >= 4 is 21.8 Å². The number of aromatic nitrogens is 4. The summed E-state index contributed by atoms with van der Waals surface area (Å²) in [6.45, 7) is 18.0. The van der Waals surface area contributed by atoms with Gasteiger partial charge in [-0.1, -0.05) is 71.3 Å². The van der Waals surface area contributed by atoms with Crippen LogP contribution in [0.5, 0.6) is 11.5 Å². The molecule has 0 fully saturated rings. The molecule has 5 nitrogen and oxygen atoms in total. The van der Waals surface area contributed by atoms with Gasteiger partial charge in [0, 0.05) is 35.0 Å². The first kappa shape index (κ1) is 34.4. The first-order valence-electron chi connectivity index (χ1n) is 16.9. The number of pyridine rings is 1. The molecule has 0 amide bonds. The quantitative estimate of drug-likeness (QED) is 0.143. The van der Waals surface area contributed by atoms with Gasteiger partial charge < -0.3 is 9.30 Å². The number of nitrogens with zero attached hydrogens (tertiary/aromatic N) is 4. The number of benzene rings is 4. The third-order valence-corrected chi connectivity index (χ3v) is 9.29. The van der Waals surface area contributed by atoms with Crippen LogP contribution in [0.4, 0.5) is 0 Å². The van der Waals surface area contributed by atoms with Crippen LogP contribution in [0.25, 0.3) is 44.4 Å². The number of para-hydroxylation sites is 1. The third-order valence-electron chi connectivity index (χ3n) is 9.29. The summed E-state index contributed by atoms with van der Waals surface area (Å²) in [5, 5.41) is 7.07. The summed E-state index contributed by atoms with van der Waals surface area (Å²) in [5.41, 5.74) is 11.9. The Kier molecular flexibility index (Phi) is 9.69. The van der Waals surface area contributed by atoms with Crippen LogP contribution in [0, 0.1) is 26.0 Å². The maximum absolute atomic E-state index is 6.44. The SMILES string of the molecule is Cc1cc(C)c(C(C)C)c(-c2cnn(-c3[c-]c(Oc4[c-]c5c(cc4)c4ccccc4n5-c4cc(C(C)C)ccn4)ccc3)c2)c1C(C)C.[Pt+2]. The van der Waals surface area contributed by atoms with Crippen molar-refractivity contribution in [3.05, 3.63) is 131 Å². The molecule has 4 aromatic carbocycles. The fourth-order valence-corrected chi connectivity index (χ4v) is 7.24. The van der Waals surface area contributed by atoms with Crippen molar-refractivity contribution in [3.63, 3.8) is 0 Å². The standard InChI is InChI=1S/C43H42N4O.Pt/c1-26(2)31-18-19-44-40(21-31)47-38-15-10-9-14-36(38)37-17-16-35(23-39(37)47)48-34-13-11-12-33(22-34)46-25-32(24-45-46)43-41(27(3)4)29(7)20-30(8)42(43)28(5)6;/h9-21,24-28H,1-8H3;/q-2;+2. The Morgan fingerprint density at radius 3 is 2.14 bits per heavy atom. The van der Waals surface area contributed by atoms with Gasteiger partial charge in [-0.2, -0.15) is 17.2 Å². The molecule has 6 heteroatoms. The van der Waals surface area contributed by atoms with Gasteiger partial charge in [0.05, 0.1) is 6.20 Å². The van der Waals surface area contributed by atoms with E-state index in [1.807, 2.05) is 41.3 Å². The molecule has 250 valence electrons. The Labute approximate surface area is 304 Å². The van der Waals surface area contributed by atoms with Crippen molar-refractivity contribution in [1.29, 1.82) is 0 Å². The van der Waals surface area contributed by atoms with Crippen molar-refractivity contribution in [3.8, 4) is 34.1 Å². The molecule has 0 aliphatic rings. The van der Waals surface area contributed by atoms with Gasteiger partial charge >= 0.3 is 21.1 Å². The van der Waals surface area contributed by atoms with E-state index in [1.165, 1.54) is 33.4 Å². The van der Waals surface area contributed by atoms with Crippen LogP contribution in [-0.2, 0) is 21.1 Å². The molecular weight excluding hydrogens is 784 g/mol. The van der Waals surface area contributed by atoms with Crippen molar-refractivity contribution in [2.75, 3.05) is 0 Å². The minimum atomic E-state index is 0. The number of hydrogen-bond acceptors (Lipinski definition) is 3. The number of aryl methyl sites for hydroxylation is 2. The van der Waals surface area contributed by atoms with Gasteiger partial charge in [-0.15, -0.1) is 35.7 Å². The van der Waals surface area contributed by atoms with E-state index >= 15 is 0 Å². The molecule has 0 bridgehead atoms. The number of hydrogen-bond donors (Lipinski definition) is 0. The molecule has 0 aliphatic heterocycles. The molecule has 0 saturated carbocycles. The van der Waals surface area contributed by atoms with Gasteiger partial charge in [-0.05, 0) is 94.3 Å². The van der Waals surface area contributed by atoms with Crippen LogP contribution in [0.2, 0.25) is 0 Å². The first-order valence-corrected chi connectivity index (χ1v) is 16.9. The van der Waals surface area contributed by atoms with E-state index in [2.05, 4.69) is 127 Å². The van der Waals surface area contributed by atoms with Crippen molar-refractivity contribution in [2.45, 2.75) is 73.1 Å². The number of rotatable bonds is 8. The molecule has 0 spiro atoms. The van der Waals surface area contributed by atoms with E-state index in [1.54, 1.807) is 0 Å². The Bertz CT molecular complexity index is 2260. The molecule has 0 aliphatic carbocycles. The number of fused-ring (bicyclic) bond motifs is 3. The second-order valence-corrected chi connectivity index (χ2v) is 13.7. The second kappa shape index (κ2) is 13.8. The summed E-state index contributed by atoms with van der Waals surface area (Å²) in [6, 6.07) is 32.0. The molecule has 3 heterocycles. The van der Waals surface area contributed by atoms with Crippen LogP contribution in [0.3, 0.4) is 0 Å². The summed E-state index contributed by atoms with van der Waals surface area (Å²) >= 11 is 0. The van der Waals surface area contributed by atoms with Gasteiger partial charge in [-0.3, -0.25) is 4.68 Å². The molecule has 0 unspecified atom stereocenters. The third kappa shape index (κ3) is 6.37. The summed E-state index contributed by atoms with van der Waals surface area (Å²) in [4.78, 5) is 4.77. The van der Waals surface area contributed by atoms with E-state index in [-0.39, 0.29) is 21.1 Å². The molecule has 7 rings (SSSR count). The average molecular weight is 826 g/mol. The number of ether oxygens (including phenoxy) is 1. The van der Waals surface area contributed by atoms with Crippen LogP contribution in [-0.4, -0.2) is 19.3 Å². The van der Waals surface area contributed by atoms with E-state index in [9.17, 15) is 0 Å². The smallest absolute Gasteiger partial charge is 0.509 e. The summed E-state index contributed by atoms with van der Waals surface area (Å²) < 4.78 is 10.5. The summed E-state index contributed by atoms with van der Waals surface area (Å²) in [5.74, 6) is 3.26. The molecule has 0 atom stereocenters. The maximum Gasteiger partial charge on any atom is 2.00 e. The predicted molar refractivity (Wildman–Crippen MR) is 197 cm³/mol. The fourth-order valence-electron chi connectivity index (χ4n) is 7.24. The van der Waals surface area contributed by atoms with Crippen molar-refractivity contribution < 1.29 is 25.8 Å². The maximum atomic E-state index is 6.44. The Balaban J connectivity index is 0.00000417. The van der Waals surface area contributed by atoms with Gasteiger partial charge in [-0.25, -0.2) is 4.98 Å². The molecule has 0 radical (unpaired) electrons. The van der Waals surface area contributed by atoms with Crippen LogP contribution < -0.4 is 4.74 Å². The topological polar surface area (TPSA) is 44.9 Å². The summed E-state index contributed by atoms with van der Waals surface area (Å²) in [7, 11) is 0. The van der Waals surface area contributed by atoms with Gasteiger partial charge in [0.1, 0.15) is 5.82 Å². The Morgan fingerprint density at radius 2 is 1.43 bits per heavy atom. The van der Waals surface area contributed by atoms with Crippen molar-refractivity contribution in [2.24, 2.45) is 0 Å². The minimum absolute atomic E-state index is 0.